The molecule has 0 fully saturated rings. The number of hydrogen-bond donors (Lipinski definition) is 0. The molecular weight excluding hydrogens is 416 g/mol. The molecule has 0 aliphatic heterocycles. The Bertz CT molecular complexity index is 1110. The molecule has 0 aromatic heterocycles. The van der Waals surface area contributed by atoms with E-state index in [1.165, 1.54) is 14.2 Å². The molecule has 0 spiro atoms. The Hall–Kier alpha value is -3.18. The number of methoxy groups -OCH3 is 3. The average molecular weight is 441 g/mol. The smallest absolute Gasteiger partial charge is 0.204 e. The van der Waals surface area contributed by atoms with E-state index in [1.807, 2.05) is 38.1 Å². The summed E-state index contributed by atoms with van der Waals surface area (Å²) in [6, 6.07) is 14.8. The summed E-state index contributed by atoms with van der Waals surface area (Å²) in [4.78, 5) is 13.7. The molecule has 0 saturated carbocycles. The zero-order valence-electron chi connectivity index (χ0n) is 18.2. The van der Waals surface area contributed by atoms with Crippen LogP contribution in [0.5, 0.6) is 23.0 Å². The molecule has 6 heteroatoms. The van der Waals surface area contributed by atoms with Crippen molar-refractivity contribution in [3.63, 3.8) is 0 Å². The SMILES string of the molecule is COc1cc(C)c(C(=O)c2c(Cl)cccc2OC)c(OCc2cccc(C)c2)c1OC. The van der Waals surface area contributed by atoms with E-state index < -0.39 is 0 Å². The maximum atomic E-state index is 13.7. The van der Waals surface area contributed by atoms with Crippen LogP contribution in [0, 0.1) is 13.8 Å². The van der Waals surface area contributed by atoms with Crippen LogP contribution in [0.25, 0.3) is 0 Å². The maximum absolute atomic E-state index is 13.7. The molecule has 0 aliphatic carbocycles. The molecule has 0 aliphatic rings. The maximum Gasteiger partial charge on any atom is 0.204 e. The summed E-state index contributed by atoms with van der Waals surface area (Å²) < 4.78 is 22.6. The van der Waals surface area contributed by atoms with E-state index in [0.717, 1.165) is 11.1 Å². The molecule has 162 valence electrons. The second-order valence-corrected chi connectivity index (χ2v) is 7.46. The average Bonchev–Trinajstić information content (AvgIpc) is 2.76. The lowest BCUT2D eigenvalue weighted by atomic mass is 9.96. The highest BCUT2D eigenvalue weighted by molar-refractivity contribution is 6.35. The van der Waals surface area contributed by atoms with Crippen LogP contribution in [0.4, 0.5) is 0 Å². The Kier molecular flexibility index (Phi) is 7.08. The summed E-state index contributed by atoms with van der Waals surface area (Å²) in [5, 5.41) is 0.295. The Morgan fingerprint density at radius 3 is 2.19 bits per heavy atom. The first-order valence-corrected chi connectivity index (χ1v) is 10.1. The van der Waals surface area contributed by atoms with Gasteiger partial charge in [0.2, 0.25) is 11.5 Å². The van der Waals surface area contributed by atoms with Crippen molar-refractivity contribution in [3.8, 4) is 23.0 Å². The molecule has 0 radical (unpaired) electrons. The number of ether oxygens (including phenoxy) is 4. The van der Waals surface area contributed by atoms with Gasteiger partial charge >= 0.3 is 0 Å². The van der Waals surface area contributed by atoms with E-state index in [2.05, 4.69) is 0 Å². The zero-order valence-corrected chi connectivity index (χ0v) is 19.0. The van der Waals surface area contributed by atoms with Gasteiger partial charge in [-0.05, 0) is 43.2 Å². The third kappa shape index (κ3) is 4.62. The predicted molar refractivity (Wildman–Crippen MR) is 121 cm³/mol. The van der Waals surface area contributed by atoms with Gasteiger partial charge in [-0.15, -0.1) is 0 Å². The molecule has 3 rings (SSSR count). The van der Waals surface area contributed by atoms with Crippen LogP contribution in [0.3, 0.4) is 0 Å². The Morgan fingerprint density at radius 2 is 1.55 bits per heavy atom. The Labute approximate surface area is 187 Å². The van der Waals surface area contributed by atoms with Crippen molar-refractivity contribution >= 4 is 17.4 Å². The van der Waals surface area contributed by atoms with Crippen molar-refractivity contribution in [3.05, 3.63) is 81.4 Å². The third-order valence-electron chi connectivity index (χ3n) is 4.94. The van der Waals surface area contributed by atoms with Crippen molar-refractivity contribution in [1.82, 2.24) is 0 Å². The first-order chi connectivity index (χ1) is 14.9. The molecule has 0 saturated heterocycles. The monoisotopic (exact) mass is 440 g/mol. The topological polar surface area (TPSA) is 54.0 Å². The highest BCUT2D eigenvalue weighted by Crippen LogP contribution is 2.44. The largest absolute Gasteiger partial charge is 0.496 e. The van der Waals surface area contributed by atoms with Gasteiger partial charge in [-0.25, -0.2) is 0 Å². The summed E-state index contributed by atoms with van der Waals surface area (Å²) in [5.41, 5.74) is 3.37. The molecule has 0 bridgehead atoms. The number of hydrogen-bond acceptors (Lipinski definition) is 5. The van der Waals surface area contributed by atoms with Gasteiger partial charge < -0.3 is 18.9 Å². The highest BCUT2D eigenvalue weighted by Gasteiger charge is 2.28. The van der Waals surface area contributed by atoms with Crippen LogP contribution in [0.1, 0.15) is 32.6 Å². The molecule has 5 nitrogen and oxygen atoms in total. The molecular formula is C25H25ClO5. The first kappa shape index (κ1) is 22.5. The second kappa shape index (κ2) is 9.75. The standard InChI is InChI=1S/C25H25ClO5/c1-15-8-6-9-17(12-15)14-31-25-21(16(2)13-20(29-4)24(25)30-5)23(27)22-18(26)10-7-11-19(22)28-3/h6-13H,14H2,1-5H3. The Balaban J connectivity index is 2.16. The van der Waals surface area contributed by atoms with Gasteiger partial charge in [-0.1, -0.05) is 47.5 Å². The summed E-state index contributed by atoms with van der Waals surface area (Å²) in [6.07, 6.45) is 0. The molecule has 0 amide bonds. The molecule has 0 N–H and O–H groups in total. The second-order valence-electron chi connectivity index (χ2n) is 7.06. The van der Waals surface area contributed by atoms with Crippen LogP contribution >= 0.6 is 11.6 Å². The van der Waals surface area contributed by atoms with Crippen LogP contribution in [-0.2, 0) is 6.61 Å². The fourth-order valence-corrected chi connectivity index (χ4v) is 3.73. The predicted octanol–water partition coefficient (Wildman–Crippen LogP) is 5.79. The fourth-order valence-electron chi connectivity index (χ4n) is 3.48. The van der Waals surface area contributed by atoms with Gasteiger partial charge in [0.1, 0.15) is 12.4 Å². The van der Waals surface area contributed by atoms with Crippen molar-refractivity contribution < 1.29 is 23.7 Å². The molecule has 0 unspecified atom stereocenters. The lowest BCUT2D eigenvalue weighted by Gasteiger charge is -2.20. The van der Waals surface area contributed by atoms with Crippen molar-refractivity contribution in [2.45, 2.75) is 20.5 Å². The van der Waals surface area contributed by atoms with E-state index in [-0.39, 0.29) is 18.0 Å². The van der Waals surface area contributed by atoms with Crippen LogP contribution in [-0.4, -0.2) is 27.1 Å². The van der Waals surface area contributed by atoms with Crippen LogP contribution < -0.4 is 18.9 Å². The third-order valence-corrected chi connectivity index (χ3v) is 5.25. The van der Waals surface area contributed by atoms with E-state index in [0.29, 0.717) is 39.1 Å². The molecule has 0 heterocycles. The van der Waals surface area contributed by atoms with Gasteiger partial charge in [0.25, 0.3) is 0 Å². The van der Waals surface area contributed by atoms with Crippen LogP contribution in [0.2, 0.25) is 5.02 Å². The van der Waals surface area contributed by atoms with Crippen molar-refractivity contribution in [2.75, 3.05) is 21.3 Å². The summed E-state index contributed by atoms with van der Waals surface area (Å²) >= 11 is 6.38. The van der Waals surface area contributed by atoms with E-state index in [1.54, 1.807) is 31.4 Å². The highest BCUT2D eigenvalue weighted by atomic mass is 35.5. The lowest BCUT2D eigenvalue weighted by molar-refractivity contribution is 0.103. The quantitative estimate of drug-likeness (QED) is 0.415. The number of benzene rings is 3. The van der Waals surface area contributed by atoms with Gasteiger partial charge in [0.05, 0.1) is 37.5 Å². The van der Waals surface area contributed by atoms with E-state index >= 15 is 0 Å². The number of carbonyl (C=O) groups is 1. The first-order valence-electron chi connectivity index (χ1n) is 9.72. The zero-order chi connectivity index (χ0) is 22.5. The van der Waals surface area contributed by atoms with Gasteiger partial charge in [-0.3, -0.25) is 4.79 Å². The number of aryl methyl sites for hydroxylation is 2. The van der Waals surface area contributed by atoms with E-state index in [4.69, 9.17) is 30.5 Å². The van der Waals surface area contributed by atoms with Crippen molar-refractivity contribution in [2.24, 2.45) is 0 Å². The minimum Gasteiger partial charge on any atom is -0.496 e. The minimum atomic E-state index is -0.319. The summed E-state index contributed by atoms with van der Waals surface area (Å²) in [6.45, 7) is 4.08. The normalized spacial score (nSPS) is 10.5. The van der Waals surface area contributed by atoms with Crippen molar-refractivity contribution in [1.29, 1.82) is 0 Å². The molecule has 31 heavy (non-hydrogen) atoms. The number of carbonyl (C=O) groups excluding carboxylic acids is 1. The molecule has 3 aromatic rings. The summed E-state index contributed by atoms with van der Waals surface area (Å²) in [5.74, 6) is 1.18. The van der Waals surface area contributed by atoms with Crippen LogP contribution in [0.15, 0.2) is 48.5 Å². The number of halogens is 1. The van der Waals surface area contributed by atoms with Gasteiger partial charge in [-0.2, -0.15) is 0 Å². The number of rotatable bonds is 8. The summed E-state index contributed by atoms with van der Waals surface area (Å²) in [7, 11) is 4.55. The molecule has 3 aromatic carbocycles. The fraction of sp³-hybridized carbons (Fsp3) is 0.240. The van der Waals surface area contributed by atoms with Gasteiger partial charge in [0.15, 0.2) is 11.5 Å². The van der Waals surface area contributed by atoms with Gasteiger partial charge in [0, 0.05) is 0 Å². The number of ketones is 1. The minimum absolute atomic E-state index is 0.255. The van der Waals surface area contributed by atoms with E-state index in [9.17, 15) is 4.79 Å². The molecule has 0 atom stereocenters. The Morgan fingerprint density at radius 1 is 0.839 bits per heavy atom. The lowest BCUT2D eigenvalue weighted by Crippen LogP contribution is -2.12.